The first-order valence-electron chi connectivity index (χ1n) is 11.4. The molecule has 0 spiro atoms. The second-order valence-corrected chi connectivity index (χ2v) is 10.6. The van der Waals surface area contributed by atoms with Gasteiger partial charge in [-0.2, -0.15) is 4.31 Å². The summed E-state index contributed by atoms with van der Waals surface area (Å²) in [6, 6.07) is 7.39. The summed E-state index contributed by atoms with van der Waals surface area (Å²) in [4.78, 5) is 17.3. The average molecular weight is 432 g/mol. The number of carbonyl (C=O) groups is 1. The summed E-state index contributed by atoms with van der Waals surface area (Å²) in [5.41, 5.74) is 0.841. The maximum Gasteiger partial charge on any atom is 0.246 e. The van der Waals surface area contributed by atoms with Gasteiger partial charge in [0.25, 0.3) is 0 Å². The van der Waals surface area contributed by atoms with E-state index in [4.69, 9.17) is 0 Å². The summed E-state index contributed by atoms with van der Waals surface area (Å²) in [6.45, 7) is 5.16. The van der Waals surface area contributed by atoms with Crippen LogP contribution < -0.4 is 0 Å². The molecule has 1 atom stereocenters. The zero-order valence-corrected chi connectivity index (χ0v) is 18.5. The predicted octanol–water partition coefficient (Wildman–Crippen LogP) is 2.96. The lowest BCUT2D eigenvalue weighted by molar-refractivity contribution is -0.125. The highest BCUT2D eigenvalue weighted by Crippen LogP contribution is 2.22. The molecule has 1 amide bonds. The molecule has 1 aromatic carbocycles. The highest BCUT2D eigenvalue weighted by atomic mass is 32.2. The molecule has 1 unspecified atom stereocenters. The second-order valence-electron chi connectivity index (χ2n) is 8.69. The zero-order chi connectivity index (χ0) is 21.0. The molecule has 7 heteroatoms. The summed E-state index contributed by atoms with van der Waals surface area (Å²) in [6.07, 6.45) is 11.1. The number of likely N-dealkylation sites (tertiary alicyclic amines) is 2. The van der Waals surface area contributed by atoms with E-state index in [0.717, 1.165) is 63.8 Å². The van der Waals surface area contributed by atoms with E-state index in [-0.39, 0.29) is 5.91 Å². The molecule has 0 bridgehead atoms. The third-order valence-electron chi connectivity index (χ3n) is 6.63. The molecular formula is C23H33N3O3S. The third kappa shape index (κ3) is 4.95. The summed E-state index contributed by atoms with van der Waals surface area (Å²) in [5, 5.41) is 0. The van der Waals surface area contributed by atoms with Gasteiger partial charge in [-0.1, -0.05) is 25.0 Å². The average Bonchev–Trinajstić information content (AvgIpc) is 3.39. The maximum absolute atomic E-state index is 12.9. The van der Waals surface area contributed by atoms with Gasteiger partial charge in [0, 0.05) is 38.3 Å². The van der Waals surface area contributed by atoms with Crippen molar-refractivity contribution < 1.29 is 13.2 Å². The van der Waals surface area contributed by atoms with Crippen LogP contribution in [0.25, 0.3) is 6.08 Å². The molecule has 0 radical (unpaired) electrons. The monoisotopic (exact) mass is 431 g/mol. The van der Waals surface area contributed by atoms with Crippen molar-refractivity contribution in [2.45, 2.75) is 55.9 Å². The van der Waals surface area contributed by atoms with E-state index >= 15 is 0 Å². The van der Waals surface area contributed by atoms with E-state index < -0.39 is 10.0 Å². The smallest absolute Gasteiger partial charge is 0.246 e. The Morgan fingerprint density at radius 1 is 0.867 bits per heavy atom. The molecule has 3 aliphatic heterocycles. The molecule has 30 heavy (non-hydrogen) atoms. The van der Waals surface area contributed by atoms with Gasteiger partial charge >= 0.3 is 0 Å². The minimum atomic E-state index is -3.43. The van der Waals surface area contributed by atoms with Crippen molar-refractivity contribution in [1.82, 2.24) is 14.1 Å². The topological polar surface area (TPSA) is 60.9 Å². The van der Waals surface area contributed by atoms with Gasteiger partial charge in [-0.05, 0) is 69.0 Å². The van der Waals surface area contributed by atoms with Crippen molar-refractivity contribution in [3.8, 4) is 0 Å². The molecule has 3 saturated heterocycles. The van der Waals surface area contributed by atoms with E-state index in [1.807, 2.05) is 4.90 Å². The Balaban J connectivity index is 1.35. The molecular weight excluding hydrogens is 398 g/mol. The summed E-state index contributed by atoms with van der Waals surface area (Å²) < 4.78 is 27.4. The fourth-order valence-corrected chi connectivity index (χ4v) is 6.32. The molecule has 0 aromatic heterocycles. The van der Waals surface area contributed by atoms with Crippen LogP contribution in [-0.4, -0.2) is 73.7 Å². The van der Waals surface area contributed by atoms with E-state index in [0.29, 0.717) is 24.0 Å². The SMILES string of the molecule is O=C(/C=C/c1ccc(S(=O)(=O)N2CCCCCC2)cc1)N1CCC(N2CCCC2)C1. The Labute approximate surface area is 180 Å². The highest BCUT2D eigenvalue weighted by Gasteiger charge is 2.30. The van der Waals surface area contributed by atoms with Crippen LogP contribution in [0.3, 0.4) is 0 Å². The van der Waals surface area contributed by atoms with Crippen molar-refractivity contribution >= 4 is 22.0 Å². The lowest BCUT2D eigenvalue weighted by Gasteiger charge is -2.23. The van der Waals surface area contributed by atoms with Crippen molar-refractivity contribution in [2.75, 3.05) is 39.3 Å². The molecule has 1 aromatic rings. The van der Waals surface area contributed by atoms with Gasteiger partial charge < -0.3 is 4.90 Å². The summed E-state index contributed by atoms with van der Waals surface area (Å²) in [5.74, 6) is 0.0398. The number of hydrogen-bond donors (Lipinski definition) is 0. The van der Waals surface area contributed by atoms with Crippen LogP contribution in [0, 0.1) is 0 Å². The van der Waals surface area contributed by atoms with Crippen molar-refractivity contribution in [3.63, 3.8) is 0 Å². The zero-order valence-electron chi connectivity index (χ0n) is 17.7. The maximum atomic E-state index is 12.9. The number of amides is 1. The van der Waals surface area contributed by atoms with Crippen LogP contribution in [0.5, 0.6) is 0 Å². The fourth-order valence-electron chi connectivity index (χ4n) is 4.80. The Morgan fingerprint density at radius 2 is 1.50 bits per heavy atom. The first-order valence-corrected chi connectivity index (χ1v) is 12.8. The Kier molecular flexibility index (Phi) is 6.91. The Morgan fingerprint density at radius 3 is 2.17 bits per heavy atom. The van der Waals surface area contributed by atoms with E-state index in [9.17, 15) is 13.2 Å². The Bertz CT molecular complexity index is 852. The van der Waals surface area contributed by atoms with E-state index in [2.05, 4.69) is 4.90 Å². The molecule has 0 N–H and O–H groups in total. The number of nitrogens with zero attached hydrogens (tertiary/aromatic N) is 3. The van der Waals surface area contributed by atoms with Crippen LogP contribution in [0.4, 0.5) is 0 Å². The van der Waals surface area contributed by atoms with Crippen molar-refractivity contribution in [2.24, 2.45) is 0 Å². The lowest BCUT2D eigenvalue weighted by atomic mass is 10.2. The molecule has 0 aliphatic carbocycles. The van der Waals surface area contributed by atoms with Gasteiger partial charge in [0.2, 0.25) is 15.9 Å². The third-order valence-corrected chi connectivity index (χ3v) is 8.55. The molecule has 3 fully saturated rings. The van der Waals surface area contributed by atoms with Crippen molar-refractivity contribution in [3.05, 3.63) is 35.9 Å². The van der Waals surface area contributed by atoms with Crippen LogP contribution in [0.15, 0.2) is 35.2 Å². The molecule has 3 heterocycles. The van der Waals surface area contributed by atoms with Gasteiger partial charge in [0.15, 0.2) is 0 Å². The van der Waals surface area contributed by atoms with Crippen LogP contribution in [-0.2, 0) is 14.8 Å². The fraction of sp³-hybridized carbons (Fsp3) is 0.609. The first kappa shape index (κ1) is 21.5. The van der Waals surface area contributed by atoms with Crippen LogP contribution in [0.2, 0.25) is 0 Å². The van der Waals surface area contributed by atoms with Gasteiger partial charge in [-0.15, -0.1) is 0 Å². The van der Waals surface area contributed by atoms with Crippen molar-refractivity contribution in [1.29, 1.82) is 0 Å². The minimum absolute atomic E-state index is 0.0398. The first-order chi connectivity index (χ1) is 14.5. The standard InChI is InChI=1S/C23H33N3O3S/c27-23(25-18-13-21(19-25)24-14-5-6-15-24)12-9-20-7-10-22(11-8-20)30(28,29)26-16-3-1-2-4-17-26/h7-12,21H,1-6,13-19H2/b12-9+. The number of rotatable bonds is 5. The minimum Gasteiger partial charge on any atom is -0.338 e. The molecule has 6 nitrogen and oxygen atoms in total. The molecule has 164 valence electrons. The molecule has 4 rings (SSSR count). The quantitative estimate of drug-likeness (QED) is 0.673. The van der Waals surface area contributed by atoms with Crippen LogP contribution in [0.1, 0.15) is 50.5 Å². The normalized spacial score (nSPS) is 24.5. The number of hydrogen-bond acceptors (Lipinski definition) is 4. The summed E-state index contributed by atoms with van der Waals surface area (Å²) >= 11 is 0. The predicted molar refractivity (Wildman–Crippen MR) is 118 cm³/mol. The molecule has 0 saturated carbocycles. The van der Waals surface area contributed by atoms with Gasteiger partial charge in [0.05, 0.1) is 4.90 Å². The van der Waals surface area contributed by atoms with E-state index in [1.165, 1.54) is 12.8 Å². The van der Waals surface area contributed by atoms with Gasteiger partial charge in [-0.3, -0.25) is 9.69 Å². The Hall–Kier alpha value is -1.70. The summed E-state index contributed by atoms with van der Waals surface area (Å²) in [7, 11) is -3.43. The largest absolute Gasteiger partial charge is 0.338 e. The lowest BCUT2D eigenvalue weighted by Crippen LogP contribution is -2.36. The second kappa shape index (κ2) is 9.62. The number of carbonyl (C=O) groups excluding carboxylic acids is 1. The van der Waals surface area contributed by atoms with Gasteiger partial charge in [0.1, 0.15) is 0 Å². The number of sulfonamides is 1. The van der Waals surface area contributed by atoms with E-state index in [1.54, 1.807) is 40.7 Å². The highest BCUT2D eigenvalue weighted by molar-refractivity contribution is 7.89. The molecule has 3 aliphatic rings. The number of benzene rings is 1. The van der Waals surface area contributed by atoms with Gasteiger partial charge in [-0.25, -0.2) is 8.42 Å². The van der Waals surface area contributed by atoms with Crippen LogP contribution >= 0.6 is 0 Å².